The lowest BCUT2D eigenvalue weighted by Crippen LogP contribution is -1.80. The summed E-state index contributed by atoms with van der Waals surface area (Å²) in [4.78, 5) is 1.06. The van der Waals surface area contributed by atoms with E-state index in [0.29, 0.717) is 0 Å². The Morgan fingerprint density at radius 1 is 1.46 bits per heavy atom. The van der Waals surface area contributed by atoms with Crippen molar-refractivity contribution in [2.45, 2.75) is 10.2 Å². The molecule has 1 heterocycles. The Morgan fingerprint density at radius 3 is 2.92 bits per heavy atom. The maximum Gasteiger partial charge on any atom is 0.0357 e. The van der Waals surface area contributed by atoms with E-state index in [2.05, 4.69) is 68.7 Å². The summed E-state index contributed by atoms with van der Waals surface area (Å²) >= 11 is 12.1. The number of halogens is 2. The summed E-state index contributed by atoms with van der Waals surface area (Å²) in [5, 5.41) is 4.48. The molecule has 68 valence electrons. The molecule has 0 fully saturated rings. The van der Waals surface area contributed by atoms with E-state index in [1.165, 1.54) is 19.2 Å². The van der Waals surface area contributed by atoms with Crippen molar-refractivity contribution in [2.75, 3.05) is 0 Å². The highest BCUT2D eigenvalue weighted by molar-refractivity contribution is 14.1. The van der Waals surface area contributed by atoms with Gasteiger partial charge >= 0.3 is 0 Å². The van der Waals surface area contributed by atoms with Crippen molar-refractivity contribution in [2.24, 2.45) is 0 Å². The molecule has 0 nitrogen and oxygen atoms in total. The first-order valence-corrected chi connectivity index (χ1v) is 7.20. The molecule has 0 spiro atoms. The molecule has 0 saturated carbocycles. The quantitative estimate of drug-likeness (QED) is 0.411. The SMILES string of the molecule is Sc1ccc2scc(CBr)c2c1I. The topological polar surface area (TPSA) is 0 Å². The third-order valence-electron chi connectivity index (χ3n) is 1.88. The first-order chi connectivity index (χ1) is 6.24. The van der Waals surface area contributed by atoms with Crippen molar-refractivity contribution in [1.29, 1.82) is 0 Å². The fourth-order valence-electron chi connectivity index (χ4n) is 1.24. The van der Waals surface area contributed by atoms with Crippen molar-refractivity contribution in [1.82, 2.24) is 0 Å². The average molecular weight is 385 g/mol. The number of hydrogen-bond acceptors (Lipinski definition) is 2. The van der Waals surface area contributed by atoms with Gasteiger partial charge in [0.15, 0.2) is 0 Å². The first kappa shape index (κ1) is 10.3. The summed E-state index contributed by atoms with van der Waals surface area (Å²) < 4.78 is 2.60. The van der Waals surface area contributed by atoms with Crippen LogP contribution >= 0.6 is 62.5 Å². The molecular formula is C9H6BrIS2. The molecule has 4 heteroatoms. The molecule has 0 aliphatic heterocycles. The predicted octanol–water partition coefficient (Wildman–Crippen LogP) is 4.69. The zero-order valence-corrected chi connectivity index (χ0v) is 12.0. The molecule has 1 aromatic carbocycles. The Hall–Kier alpha value is 0.740. The minimum atomic E-state index is 0.917. The molecule has 1 aromatic heterocycles. The summed E-state index contributed by atoms with van der Waals surface area (Å²) in [6.45, 7) is 0. The standard InChI is InChI=1S/C9H6BrIS2/c10-3-5-4-13-7-2-1-6(12)9(11)8(5)7/h1-2,4,12H,3H2. The van der Waals surface area contributed by atoms with Crippen LogP contribution in [0.1, 0.15) is 5.56 Å². The highest BCUT2D eigenvalue weighted by Gasteiger charge is 2.08. The van der Waals surface area contributed by atoms with Gasteiger partial charge in [-0.2, -0.15) is 0 Å². The van der Waals surface area contributed by atoms with Crippen LogP contribution in [0.3, 0.4) is 0 Å². The molecule has 0 amide bonds. The number of fused-ring (bicyclic) bond motifs is 1. The summed E-state index contributed by atoms with van der Waals surface area (Å²) in [5.74, 6) is 0. The smallest absolute Gasteiger partial charge is 0.0357 e. The lowest BCUT2D eigenvalue weighted by atomic mass is 10.2. The van der Waals surface area contributed by atoms with E-state index >= 15 is 0 Å². The number of alkyl halides is 1. The maximum absolute atomic E-state index is 4.42. The van der Waals surface area contributed by atoms with E-state index < -0.39 is 0 Å². The van der Waals surface area contributed by atoms with Gasteiger partial charge in [0.2, 0.25) is 0 Å². The van der Waals surface area contributed by atoms with Crippen LogP contribution < -0.4 is 0 Å². The molecule has 2 aromatic rings. The van der Waals surface area contributed by atoms with Crippen molar-refractivity contribution >= 4 is 72.6 Å². The molecule has 2 rings (SSSR count). The Bertz CT molecular complexity index is 450. The Labute approximate surface area is 108 Å². The van der Waals surface area contributed by atoms with E-state index in [-0.39, 0.29) is 0 Å². The van der Waals surface area contributed by atoms with Gasteiger partial charge in [-0.15, -0.1) is 24.0 Å². The second-order valence-corrected chi connectivity index (χ2v) is 5.70. The monoisotopic (exact) mass is 384 g/mol. The number of rotatable bonds is 1. The average Bonchev–Trinajstić information content (AvgIpc) is 2.55. The van der Waals surface area contributed by atoms with Crippen LogP contribution in [0.2, 0.25) is 0 Å². The second-order valence-electron chi connectivity index (χ2n) is 2.67. The second kappa shape index (κ2) is 4.08. The van der Waals surface area contributed by atoms with Crippen molar-refractivity contribution in [3.63, 3.8) is 0 Å². The molecular weight excluding hydrogens is 379 g/mol. The van der Waals surface area contributed by atoms with Crippen LogP contribution in [0.4, 0.5) is 0 Å². The minimum Gasteiger partial charge on any atom is -0.143 e. The van der Waals surface area contributed by atoms with Crippen LogP contribution in [0, 0.1) is 3.57 Å². The lowest BCUT2D eigenvalue weighted by molar-refractivity contribution is 1.44. The fraction of sp³-hybridized carbons (Fsp3) is 0.111. The number of benzene rings is 1. The highest BCUT2D eigenvalue weighted by atomic mass is 127. The minimum absolute atomic E-state index is 0.917. The van der Waals surface area contributed by atoms with Gasteiger partial charge in [-0.3, -0.25) is 0 Å². The third-order valence-corrected chi connectivity index (χ3v) is 5.40. The summed E-state index contributed by atoms with van der Waals surface area (Å²) in [6, 6.07) is 4.19. The molecule has 0 radical (unpaired) electrons. The maximum atomic E-state index is 4.42. The van der Waals surface area contributed by atoms with Gasteiger partial charge < -0.3 is 0 Å². The Balaban J connectivity index is 2.85. The summed E-state index contributed by atoms with van der Waals surface area (Å²) in [7, 11) is 0. The number of thiophene rings is 1. The van der Waals surface area contributed by atoms with E-state index in [4.69, 9.17) is 0 Å². The highest BCUT2D eigenvalue weighted by Crippen LogP contribution is 2.34. The van der Waals surface area contributed by atoms with E-state index in [1.54, 1.807) is 11.3 Å². The van der Waals surface area contributed by atoms with Crippen LogP contribution in [0.5, 0.6) is 0 Å². The summed E-state index contributed by atoms with van der Waals surface area (Å²) in [6.07, 6.45) is 0. The number of thiol groups is 1. The summed E-state index contributed by atoms with van der Waals surface area (Å²) in [5.41, 5.74) is 1.36. The van der Waals surface area contributed by atoms with Crippen molar-refractivity contribution < 1.29 is 0 Å². The Morgan fingerprint density at radius 2 is 2.23 bits per heavy atom. The normalized spacial score (nSPS) is 11.0. The molecule has 0 saturated heterocycles. The largest absolute Gasteiger partial charge is 0.143 e. The number of hydrogen-bond donors (Lipinski definition) is 1. The molecule has 0 aliphatic rings. The van der Waals surface area contributed by atoms with Crippen LogP contribution in [-0.2, 0) is 5.33 Å². The predicted molar refractivity (Wildman–Crippen MR) is 74.4 cm³/mol. The van der Waals surface area contributed by atoms with Crippen molar-refractivity contribution in [3.05, 3.63) is 26.6 Å². The van der Waals surface area contributed by atoms with Gasteiger partial charge in [-0.25, -0.2) is 0 Å². The molecule has 0 atom stereocenters. The van der Waals surface area contributed by atoms with Crippen LogP contribution in [0.15, 0.2) is 22.4 Å². The molecule has 0 unspecified atom stereocenters. The van der Waals surface area contributed by atoms with Gasteiger partial charge in [-0.1, -0.05) is 15.9 Å². The van der Waals surface area contributed by atoms with Gasteiger partial charge in [-0.05, 0) is 45.7 Å². The van der Waals surface area contributed by atoms with Crippen LogP contribution in [-0.4, -0.2) is 0 Å². The van der Waals surface area contributed by atoms with Gasteiger partial charge in [0.05, 0.1) is 0 Å². The van der Waals surface area contributed by atoms with Crippen LogP contribution in [0.25, 0.3) is 10.1 Å². The van der Waals surface area contributed by atoms with Gasteiger partial charge in [0.25, 0.3) is 0 Å². The van der Waals surface area contributed by atoms with E-state index in [9.17, 15) is 0 Å². The van der Waals surface area contributed by atoms with Crippen molar-refractivity contribution in [3.8, 4) is 0 Å². The molecule has 0 bridgehead atoms. The van der Waals surface area contributed by atoms with Gasteiger partial charge in [0, 0.05) is 23.9 Å². The zero-order chi connectivity index (χ0) is 9.42. The molecule has 0 N–H and O–H groups in total. The lowest BCUT2D eigenvalue weighted by Gasteiger charge is -2.00. The third kappa shape index (κ3) is 1.78. The molecule has 0 aliphatic carbocycles. The fourth-order valence-corrected chi connectivity index (χ4v) is 4.05. The van der Waals surface area contributed by atoms with E-state index in [0.717, 1.165) is 10.2 Å². The van der Waals surface area contributed by atoms with E-state index in [1.807, 2.05) is 0 Å². The zero-order valence-electron chi connectivity index (χ0n) is 6.55. The molecule has 13 heavy (non-hydrogen) atoms. The first-order valence-electron chi connectivity index (χ1n) is 3.67. The van der Waals surface area contributed by atoms with Gasteiger partial charge in [0.1, 0.15) is 0 Å². The Kier molecular flexibility index (Phi) is 3.22.